The van der Waals surface area contributed by atoms with Crippen LogP contribution in [0.15, 0.2) is 54.2 Å². The van der Waals surface area contributed by atoms with E-state index in [0.29, 0.717) is 22.2 Å². The molecule has 1 heterocycles. The Morgan fingerprint density at radius 3 is 2.84 bits per heavy atom. The van der Waals surface area contributed by atoms with Gasteiger partial charge in [0.05, 0.1) is 10.7 Å². The number of nitriles is 1. The molecule has 2 aromatic rings. The Balaban J connectivity index is 1.62. The first kappa shape index (κ1) is 16.7. The number of amides is 1. The molecule has 0 spiro atoms. The molecule has 0 aromatic heterocycles. The van der Waals surface area contributed by atoms with Crippen LogP contribution in [0.1, 0.15) is 5.56 Å². The van der Waals surface area contributed by atoms with Crippen molar-refractivity contribution >= 4 is 23.2 Å². The minimum atomic E-state index is -0.486. The standard InChI is InChI=1S/C18H14ClN3O3/c19-14-3-1-2-4-15(14)21-10-13(8-20)18(23)22-9-12-5-6-16-17(7-12)25-11-24-16/h1-7,10,21H,9,11H2,(H,22,23)/b13-10-. The summed E-state index contributed by atoms with van der Waals surface area (Å²) in [5.41, 5.74) is 1.40. The highest BCUT2D eigenvalue weighted by atomic mass is 35.5. The molecule has 25 heavy (non-hydrogen) atoms. The van der Waals surface area contributed by atoms with Crippen molar-refractivity contribution in [3.8, 4) is 17.6 Å². The average Bonchev–Trinajstić information content (AvgIpc) is 3.09. The van der Waals surface area contributed by atoms with Crippen LogP contribution in [0, 0.1) is 11.3 Å². The molecule has 0 unspecified atom stereocenters. The summed E-state index contributed by atoms with van der Waals surface area (Å²) in [5.74, 6) is 0.833. The number of benzene rings is 2. The third kappa shape index (κ3) is 4.03. The summed E-state index contributed by atoms with van der Waals surface area (Å²) in [4.78, 5) is 12.2. The van der Waals surface area contributed by atoms with E-state index in [4.69, 9.17) is 21.1 Å². The quantitative estimate of drug-likeness (QED) is 0.635. The van der Waals surface area contributed by atoms with Crippen molar-refractivity contribution < 1.29 is 14.3 Å². The van der Waals surface area contributed by atoms with Gasteiger partial charge in [-0.25, -0.2) is 0 Å². The zero-order chi connectivity index (χ0) is 17.6. The summed E-state index contributed by atoms with van der Waals surface area (Å²) in [6, 6.07) is 14.3. The molecule has 7 heteroatoms. The number of para-hydroxylation sites is 1. The number of carbonyl (C=O) groups is 1. The van der Waals surface area contributed by atoms with Crippen molar-refractivity contribution in [3.63, 3.8) is 0 Å². The number of hydrogen-bond acceptors (Lipinski definition) is 5. The Morgan fingerprint density at radius 1 is 1.24 bits per heavy atom. The third-order valence-electron chi connectivity index (χ3n) is 3.50. The van der Waals surface area contributed by atoms with Gasteiger partial charge in [0.2, 0.25) is 6.79 Å². The molecule has 0 saturated carbocycles. The average molecular weight is 356 g/mol. The van der Waals surface area contributed by atoms with Crippen LogP contribution in [0.2, 0.25) is 5.02 Å². The predicted octanol–water partition coefficient (Wildman–Crippen LogP) is 3.20. The van der Waals surface area contributed by atoms with Gasteiger partial charge >= 0.3 is 0 Å². The van der Waals surface area contributed by atoms with Gasteiger partial charge in [0.15, 0.2) is 11.5 Å². The molecule has 0 atom stereocenters. The summed E-state index contributed by atoms with van der Waals surface area (Å²) in [6.07, 6.45) is 1.33. The molecule has 0 fully saturated rings. The highest BCUT2D eigenvalue weighted by Crippen LogP contribution is 2.32. The molecule has 0 aliphatic carbocycles. The molecular weight excluding hydrogens is 342 g/mol. The van der Waals surface area contributed by atoms with Crippen LogP contribution < -0.4 is 20.1 Å². The van der Waals surface area contributed by atoms with Crippen LogP contribution in [-0.2, 0) is 11.3 Å². The highest BCUT2D eigenvalue weighted by Gasteiger charge is 2.14. The van der Waals surface area contributed by atoms with E-state index in [1.165, 1.54) is 6.20 Å². The van der Waals surface area contributed by atoms with E-state index in [9.17, 15) is 10.1 Å². The molecule has 1 aliphatic heterocycles. The maximum absolute atomic E-state index is 12.2. The van der Waals surface area contributed by atoms with Gasteiger partial charge in [-0.2, -0.15) is 5.26 Å². The summed E-state index contributed by atoms with van der Waals surface area (Å²) < 4.78 is 10.5. The van der Waals surface area contributed by atoms with Crippen molar-refractivity contribution in [1.29, 1.82) is 5.26 Å². The van der Waals surface area contributed by atoms with E-state index in [-0.39, 0.29) is 18.9 Å². The number of rotatable bonds is 5. The number of halogens is 1. The minimum absolute atomic E-state index is 0.0549. The zero-order valence-electron chi connectivity index (χ0n) is 13.1. The lowest BCUT2D eigenvalue weighted by Gasteiger charge is -2.07. The van der Waals surface area contributed by atoms with E-state index < -0.39 is 5.91 Å². The number of hydrogen-bond donors (Lipinski definition) is 2. The molecule has 0 saturated heterocycles. The van der Waals surface area contributed by atoms with Gasteiger partial charge in [-0.05, 0) is 29.8 Å². The van der Waals surface area contributed by atoms with Gasteiger partial charge in [-0.1, -0.05) is 29.8 Å². The van der Waals surface area contributed by atoms with Crippen molar-refractivity contribution in [3.05, 3.63) is 64.8 Å². The van der Waals surface area contributed by atoms with Crippen LogP contribution in [-0.4, -0.2) is 12.7 Å². The highest BCUT2D eigenvalue weighted by molar-refractivity contribution is 6.33. The Morgan fingerprint density at radius 2 is 2.04 bits per heavy atom. The fraction of sp³-hybridized carbons (Fsp3) is 0.111. The second kappa shape index (κ2) is 7.60. The Kier molecular flexibility index (Phi) is 5.07. The molecule has 3 rings (SSSR count). The van der Waals surface area contributed by atoms with Crippen LogP contribution in [0.5, 0.6) is 11.5 Å². The van der Waals surface area contributed by atoms with Crippen molar-refractivity contribution in [1.82, 2.24) is 5.32 Å². The second-order valence-corrected chi connectivity index (χ2v) is 5.57. The summed E-state index contributed by atoms with van der Waals surface area (Å²) >= 11 is 6.02. The SMILES string of the molecule is N#C/C(=C/Nc1ccccc1Cl)C(=O)NCc1ccc2c(c1)OCO2. The number of ether oxygens (including phenoxy) is 2. The smallest absolute Gasteiger partial charge is 0.263 e. The maximum atomic E-state index is 12.2. The van der Waals surface area contributed by atoms with Gasteiger partial charge in [0.25, 0.3) is 5.91 Å². The molecule has 126 valence electrons. The number of anilines is 1. The van der Waals surface area contributed by atoms with Crippen LogP contribution in [0.4, 0.5) is 5.69 Å². The normalized spacial score (nSPS) is 12.4. The lowest BCUT2D eigenvalue weighted by atomic mass is 10.2. The predicted molar refractivity (Wildman–Crippen MR) is 93.2 cm³/mol. The van der Waals surface area contributed by atoms with Crippen molar-refractivity contribution in [2.24, 2.45) is 0 Å². The number of fused-ring (bicyclic) bond motifs is 1. The molecule has 6 nitrogen and oxygen atoms in total. The first-order valence-corrected chi connectivity index (χ1v) is 7.83. The monoisotopic (exact) mass is 355 g/mol. The van der Waals surface area contributed by atoms with E-state index in [1.54, 1.807) is 36.4 Å². The summed E-state index contributed by atoms with van der Waals surface area (Å²) in [6.45, 7) is 0.459. The van der Waals surface area contributed by atoms with Gasteiger partial charge in [0.1, 0.15) is 11.6 Å². The van der Waals surface area contributed by atoms with Gasteiger partial charge in [-0.15, -0.1) is 0 Å². The molecule has 0 bridgehead atoms. The first-order valence-electron chi connectivity index (χ1n) is 7.45. The summed E-state index contributed by atoms with van der Waals surface area (Å²) in [7, 11) is 0. The van der Waals surface area contributed by atoms with E-state index in [0.717, 1.165) is 5.56 Å². The van der Waals surface area contributed by atoms with Gasteiger partial charge in [0, 0.05) is 12.7 Å². The lowest BCUT2D eigenvalue weighted by molar-refractivity contribution is -0.117. The second-order valence-electron chi connectivity index (χ2n) is 5.16. The van der Waals surface area contributed by atoms with E-state index in [2.05, 4.69) is 10.6 Å². The summed E-state index contributed by atoms with van der Waals surface area (Å²) in [5, 5.41) is 15.2. The van der Waals surface area contributed by atoms with Crippen molar-refractivity contribution in [2.75, 3.05) is 12.1 Å². The van der Waals surface area contributed by atoms with Gasteiger partial charge < -0.3 is 20.1 Å². The van der Waals surface area contributed by atoms with Crippen LogP contribution >= 0.6 is 11.6 Å². The van der Waals surface area contributed by atoms with Crippen LogP contribution in [0.25, 0.3) is 0 Å². The number of nitrogens with zero attached hydrogens (tertiary/aromatic N) is 1. The fourth-order valence-corrected chi connectivity index (χ4v) is 2.40. The Labute approximate surface area is 149 Å². The molecule has 0 radical (unpaired) electrons. The Hall–Kier alpha value is -3.17. The molecule has 2 aromatic carbocycles. The maximum Gasteiger partial charge on any atom is 0.263 e. The molecule has 2 N–H and O–H groups in total. The number of carbonyl (C=O) groups excluding carboxylic acids is 1. The fourth-order valence-electron chi connectivity index (χ4n) is 2.21. The molecule has 1 amide bonds. The minimum Gasteiger partial charge on any atom is -0.454 e. The molecule has 1 aliphatic rings. The largest absolute Gasteiger partial charge is 0.454 e. The van der Waals surface area contributed by atoms with Crippen LogP contribution in [0.3, 0.4) is 0 Å². The Bertz CT molecular complexity index is 874. The topological polar surface area (TPSA) is 83.4 Å². The van der Waals surface area contributed by atoms with E-state index >= 15 is 0 Å². The molecular formula is C18H14ClN3O3. The van der Waals surface area contributed by atoms with E-state index in [1.807, 2.05) is 12.1 Å². The van der Waals surface area contributed by atoms with Crippen molar-refractivity contribution in [2.45, 2.75) is 6.54 Å². The number of nitrogens with one attached hydrogen (secondary N) is 2. The third-order valence-corrected chi connectivity index (χ3v) is 3.83. The first-order chi connectivity index (χ1) is 12.2. The zero-order valence-corrected chi connectivity index (χ0v) is 13.8. The lowest BCUT2D eigenvalue weighted by Crippen LogP contribution is -2.24. The van der Waals surface area contributed by atoms with Gasteiger partial charge in [-0.3, -0.25) is 4.79 Å².